The number of amides is 1. The molecule has 2 rings (SSSR count). The van der Waals surface area contributed by atoms with Gasteiger partial charge in [0, 0.05) is 4.88 Å². The normalized spacial score (nSPS) is 10.3. The van der Waals surface area contributed by atoms with Crippen LogP contribution in [0.1, 0.15) is 26.5 Å². The number of nitrogens with one attached hydrogen (secondary N) is 2. The van der Waals surface area contributed by atoms with Crippen molar-refractivity contribution in [1.82, 2.24) is 4.98 Å². The third-order valence-corrected chi connectivity index (χ3v) is 3.81. The van der Waals surface area contributed by atoms with Gasteiger partial charge in [0.15, 0.2) is 5.13 Å². The highest BCUT2D eigenvalue weighted by Crippen LogP contribution is 2.23. The molecule has 0 fully saturated rings. The van der Waals surface area contributed by atoms with E-state index in [0.717, 1.165) is 16.1 Å². The Morgan fingerprint density at radius 1 is 1.32 bits per heavy atom. The molecular formula is C13H16N4OS. The van der Waals surface area contributed by atoms with Crippen molar-refractivity contribution in [2.24, 2.45) is 5.84 Å². The Morgan fingerprint density at radius 3 is 2.63 bits per heavy atom. The van der Waals surface area contributed by atoms with Gasteiger partial charge in [-0.15, -0.1) is 11.3 Å². The standard InChI is InChI=1S/C13H16N4OS/c1-7-4-5-10(11(6-7)17-14)12(18)16-13-15-8(2)9(3)19-13/h4-6,17H,14H2,1-3H3,(H,15,16,18). The molecule has 0 spiro atoms. The highest BCUT2D eigenvalue weighted by molar-refractivity contribution is 7.15. The zero-order valence-electron chi connectivity index (χ0n) is 11.1. The number of thiazole rings is 1. The molecule has 100 valence electrons. The first kappa shape index (κ1) is 13.5. The number of benzene rings is 1. The maximum atomic E-state index is 12.2. The fourth-order valence-electron chi connectivity index (χ4n) is 1.67. The molecule has 2 aromatic rings. The first-order chi connectivity index (χ1) is 9.01. The number of hydrazine groups is 1. The lowest BCUT2D eigenvalue weighted by atomic mass is 10.1. The van der Waals surface area contributed by atoms with E-state index in [9.17, 15) is 4.79 Å². The number of rotatable bonds is 3. The van der Waals surface area contributed by atoms with Gasteiger partial charge in [-0.25, -0.2) is 4.98 Å². The molecule has 0 aliphatic rings. The molecule has 0 aliphatic heterocycles. The lowest BCUT2D eigenvalue weighted by Gasteiger charge is -2.09. The zero-order chi connectivity index (χ0) is 14.0. The number of carbonyl (C=O) groups is 1. The highest BCUT2D eigenvalue weighted by atomic mass is 32.1. The van der Waals surface area contributed by atoms with E-state index in [1.54, 1.807) is 6.07 Å². The summed E-state index contributed by atoms with van der Waals surface area (Å²) >= 11 is 1.46. The van der Waals surface area contributed by atoms with Gasteiger partial charge in [0.2, 0.25) is 0 Å². The molecular weight excluding hydrogens is 260 g/mol. The average molecular weight is 276 g/mol. The summed E-state index contributed by atoms with van der Waals surface area (Å²) in [5.41, 5.74) is 5.60. The van der Waals surface area contributed by atoms with Crippen LogP contribution in [-0.2, 0) is 0 Å². The summed E-state index contributed by atoms with van der Waals surface area (Å²) in [7, 11) is 0. The molecule has 0 saturated carbocycles. The van der Waals surface area contributed by atoms with E-state index in [-0.39, 0.29) is 5.91 Å². The molecule has 0 aliphatic carbocycles. The van der Waals surface area contributed by atoms with E-state index in [1.807, 2.05) is 32.9 Å². The van der Waals surface area contributed by atoms with Gasteiger partial charge in [-0.3, -0.25) is 16.0 Å². The van der Waals surface area contributed by atoms with Gasteiger partial charge < -0.3 is 5.43 Å². The Balaban J connectivity index is 2.24. The Labute approximate surface area is 115 Å². The largest absolute Gasteiger partial charge is 0.323 e. The third kappa shape index (κ3) is 2.91. The SMILES string of the molecule is Cc1ccc(C(=O)Nc2nc(C)c(C)s2)c(NN)c1. The van der Waals surface area contributed by atoms with Crippen LogP contribution in [0.15, 0.2) is 18.2 Å². The maximum Gasteiger partial charge on any atom is 0.259 e. The minimum atomic E-state index is -0.221. The Kier molecular flexibility index (Phi) is 3.82. The number of aromatic nitrogens is 1. The molecule has 19 heavy (non-hydrogen) atoms. The fraction of sp³-hybridized carbons (Fsp3) is 0.231. The van der Waals surface area contributed by atoms with Gasteiger partial charge in [-0.1, -0.05) is 6.07 Å². The number of nitrogen functional groups attached to an aromatic ring is 1. The van der Waals surface area contributed by atoms with Gasteiger partial charge in [-0.2, -0.15) is 0 Å². The third-order valence-electron chi connectivity index (χ3n) is 2.82. The van der Waals surface area contributed by atoms with E-state index in [0.29, 0.717) is 16.4 Å². The maximum absolute atomic E-state index is 12.2. The van der Waals surface area contributed by atoms with Crippen LogP contribution in [0.2, 0.25) is 0 Å². The summed E-state index contributed by atoms with van der Waals surface area (Å²) in [6.45, 7) is 5.83. The number of nitrogens with zero attached hydrogens (tertiary/aromatic N) is 1. The quantitative estimate of drug-likeness (QED) is 0.594. The summed E-state index contributed by atoms with van der Waals surface area (Å²) in [5.74, 6) is 5.22. The minimum absolute atomic E-state index is 0.221. The number of aryl methyl sites for hydroxylation is 3. The lowest BCUT2D eigenvalue weighted by molar-refractivity contribution is 0.102. The van der Waals surface area contributed by atoms with Crippen LogP contribution in [-0.4, -0.2) is 10.9 Å². The lowest BCUT2D eigenvalue weighted by Crippen LogP contribution is -2.17. The van der Waals surface area contributed by atoms with Gasteiger partial charge in [0.05, 0.1) is 16.9 Å². The molecule has 4 N–H and O–H groups in total. The van der Waals surface area contributed by atoms with Crippen molar-refractivity contribution in [3.63, 3.8) is 0 Å². The van der Waals surface area contributed by atoms with Crippen molar-refractivity contribution in [2.75, 3.05) is 10.7 Å². The molecule has 1 aromatic carbocycles. The minimum Gasteiger partial charge on any atom is -0.323 e. The molecule has 0 unspecified atom stereocenters. The van der Waals surface area contributed by atoms with E-state index in [4.69, 9.17) is 5.84 Å². The van der Waals surface area contributed by atoms with Crippen molar-refractivity contribution in [3.05, 3.63) is 39.9 Å². The first-order valence-electron chi connectivity index (χ1n) is 5.84. The molecule has 6 heteroatoms. The molecule has 5 nitrogen and oxygen atoms in total. The predicted molar refractivity (Wildman–Crippen MR) is 78.5 cm³/mol. The van der Waals surface area contributed by atoms with Crippen LogP contribution in [0.4, 0.5) is 10.8 Å². The van der Waals surface area contributed by atoms with Crippen molar-refractivity contribution >= 4 is 28.1 Å². The van der Waals surface area contributed by atoms with Crippen LogP contribution in [0.25, 0.3) is 0 Å². The monoisotopic (exact) mass is 276 g/mol. The molecule has 0 radical (unpaired) electrons. The van der Waals surface area contributed by atoms with E-state index >= 15 is 0 Å². The number of hydrogen-bond acceptors (Lipinski definition) is 5. The van der Waals surface area contributed by atoms with Crippen LogP contribution in [0, 0.1) is 20.8 Å². The second-order valence-electron chi connectivity index (χ2n) is 4.31. The second kappa shape index (κ2) is 5.38. The molecule has 1 heterocycles. The number of hydrogen-bond donors (Lipinski definition) is 3. The van der Waals surface area contributed by atoms with Crippen LogP contribution in [0.3, 0.4) is 0 Å². The molecule has 1 aromatic heterocycles. The molecule has 0 bridgehead atoms. The Bertz CT molecular complexity index is 602. The summed E-state index contributed by atoms with van der Waals surface area (Å²) < 4.78 is 0. The van der Waals surface area contributed by atoms with Crippen molar-refractivity contribution < 1.29 is 4.79 Å². The summed E-state index contributed by atoms with van der Waals surface area (Å²) in [6.07, 6.45) is 0. The van der Waals surface area contributed by atoms with E-state index < -0.39 is 0 Å². The number of anilines is 2. The zero-order valence-corrected chi connectivity index (χ0v) is 11.9. The Hall–Kier alpha value is -1.92. The number of carbonyl (C=O) groups excluding carboxylic acids is 1. The Morgan fingerprint density at radius 2 is 2.05 bits per heavy atom. The highest BCUT2D eigenvalue weighted by Gasteiger charge is 2.13. The van der Waals surface area contributed by atoms with Gasteiger partial charge in [-0.05, 0) is 38.5 Å². The van der Waals surface area contributed by atoms with Crippen molar-refractivity contribution in [1.29, 1.82) is 0 Å². The van der Waals surface area contributed by atoms with Crippen LogP contribution in [0.5, 0.6) is 0 Å². The first-order valence-corrected chi connectivity index (χ1v) is 6.65. The topological polar surface area (TPSA) is 80.0 Å². The van der Waals surface area contributed by atoms with Crippen LogP contribution >= 0.6 is 11.3 Å². The van der Waals surface area contributed by atoms with Crippen molar-refractivity contribution in [2.45, 2.75) is 20.8 Å². The predicted octanol–water partition coefficient (Wildman–Crippen LogP) is 2.61. The molecule has 0 atom stereocenters. The number of nitrogens with two attached hydrogens (primary N) is 1. The van der Waals surface area contributed by atoms with E-state index in [1.165, 1.54) is 11.3 Å². The van der Waals surface area contributed by atoms with E-state index in [2.05, 4.69) is 15.7 Å². The fourth-order valence-corrected chi connectivity index (χ4v) is 2.48. The van der Waals surface area contributed by atoms with Crippen molar-refractivity contribution in [3.8, 4) is 0 Å². The summed E-state index contributed by atoms with van der Waals surface area (Å²) in [5, 5.41) is 3.39. The smallest absolute Gasteiger partial charge is 0.259 e. The van der Waals surface area contributed by atoms with Gasteiger partial charge >= 0.3 is 0 Å². The summed E-state index contributed by atoms with van der Waals surface area (Å²) in [6, 6.07) is 5.44. The molecule has 1 amide bonds. The second-order valence-corrected chi connectivity index (χ2v) is 5.51. The average Bonchev–Trinajstić information content (AvgIpc) is 2.67. The van der Waals surface area contributed by atoms with Gasteiger partial charge in [0.1, 0.15) is 0 Å². The van der Waals surface area contributed by atoms with Gasteiger partial charge in [0.25, 0.3) is 5.91 Å². The molecule has 0 saturated heterocycles. The van der Waals surface area contributed by atoms with Crippen LogP contribution < -0.4 is 16.6 Å². The summed E-state index contributed by atoms with van der Waals surface area (Å²) in [4.78, 5) is 17.6.